The van der Waals surface area contributed by atoms with E-state index in [2.05, 4.69) is 14.6 Å². The molecular formula is C13H22N4O2S. The molecule has 20 heavy (non-hydrogen) atoms. The van der Waals surface area contributed by atoms with Crippen molar-refractivity contribution in [3.05, 3.63) is 23.9 Å². The summed E-state index contributed by atoms with van der Waals surface area (Å²) in [6, 6.07) is 3.45. The van der Waals surface area contributed by atoms with Crippen LogP contribution in [-0.2, 0) is 16.6 Å². The summed E-state index contributed by atoms with van der Waals surface area (Å²) in [6.07, 6.45) is 4.86. The van der Waals surface area contributed by atoms with Gasteiger partial charge in [-0.05, 0) is 38.1 Å². The van der Waals surface area contributed by atoms with E-state index >= 15 is 0 Å². The first kappa shape index (κ1) is 15.4. The Morgan fingerprint density at radius 3 is 2.85 bits per heavy atom. The number of aromatic nitrogens is 1. The largest absolute Gasteiger partial charge is 0.326 e. The van der Waals surface area contributed by atoms with Crippen LogP contribution in [0.3, 0.4) is 0 Å². The average Bonchev–Trinajstić information content (AvgIpc) is 2.46. The molecule has 2 heterocycles. The van der Waals surface area contributed by atoms with Crippen LogP contribution < -0.4 is 10.5 Å². The summed E-state index contributed by atoms with van der Waals surface area (Å²) in [7, 11) is -1.50. The fraction of sp³-hybridized carbons (Fsp3) is 0.615. The summed E-state index contributed by atoms with van der Waals surface area (Å²) in [5.74, 6) is 0. The molecule has 0 bridgehead atoms. The molecule has 7 heteroatoms. The van der Waals surface area contributed by atoms with Crippen LogP contribution in [-0.4, -0.2) is 44.5 Å². The third-order valence-corrected chi connectivity index (χ3v) is 5.08. The van der Waals surface area contributed by atoms with Gasteiger partial charge < -0.3 is 10.6 Å². The van der Waals surface area contributed by atoms with Gasteiger partial charge in [0.2, 0.25) is 0 Å². The summed E-state index contributed by atoms with van der Waals surface area (Å²) < 4.78 is 27.0. The van der Waals surface area contributed by atoms with Crippen LogP contribution in [0.5, 0.6) is 0 Å². The van der Waals surface area contributed by atoms with Crippen molar-refractivity contribution in [1.82, 2.24) is 14.6 Å². The van der Waals surface area contributed by atoms with Crippen LogP contribution in [0.2, 0.25) is 0 Å². The number of sulfonamides is 1. The van der Waals surface area contributed by atoms with E-state index in [9.17, 15) is 8.42 Å². The molecule has 1 fully saturated rings. The molecule has 1 aromatic rings. The summed E-state index contributed by atoms with van der Waals surface area (Å²) >= 11 is 0. The molecule has 1 aromatic heterocycles. The lowest BCUT2D eigenvalue weighted by Gasteiger charge is -2.32. The van der Waals surface area contributed by atoms with Crippen LogP contribution in [0.4, 0.5) is 0 Å². The van der Waals surface area contributed by atoms with E-state index in [0.717, 1.165) is 24.9 Å². The smallest absolute Gasteiger partial charge is 0.258 e. The van der Waals surface area contributed by atoms with Gasteiger partial charge in [0.15, 0.2) is 5.03 Å². The molecule has 2 rings (SSSR count). The molecule has 0 aliphatic carbocycles. The number of nitrogens with zero attached hydrogens (tertiary/aromatic N) is 2. The normalized spacial score (nSPS) is 21.0. The van der Waals surface area contributed by atoms with Crippen molar-refractivity contribution in [2.45, 2.75) is 36.9 Å². The Kier molecular flexibility index (Phi) is 5.09. The maximum Gasteiger partial charge on any atom is 0.258 e. The van der Waals surface area contributed by atoms with Crippen molar-refractivity contribution in [2.75, 3.05) is 20.1 Å². The molecule has 112 valence electrons. The van der Waals surface area contributed by atoms with Gasteiger partial charge in [-0.25, -0.2) is 18.1 Å². The molecule has 1 unspecified atom stereocenters. The third-order valence-electron chi connectivity index (χ3n) is 3.74. The Hall–Kier alpha value is -1.02. The van der Waals surface area contributed by atoms with Crippen LogP contribution in [0, 0.1) is 0 Å². The minimum absolute atomic E-state index is 0.0492. The van der Waals surface area contributed by atoms with Crippen LogP contribution in [0.1, 0.15) is 24.8 Å². The van der Waals surface area contributed by atoms with E-state index in [0.29, 0.717) is 13.1 Å². The Balaban J connectivity index is 1.99. The topological polar surface area (TPSA) is 88.3 Å². The molecule has 0 spiro atoms. The van der Waals surface area contributed by atoms with Gasteiger partial charge in [0, 0.05) is 25.3 Å². The second-order valence-electron chi connectivity index (χ2n) is 5.19. The van der Waals surface area contributed by atoms with E-state index < -0.39 is 10.0 Å². The molecule has 0 radical (unpaired) electrons. The van der Waals surface area contributed by atoms with Crippen molar-refractivity contribution in [1.29, 1.82) is 0 Å². The molecule has 0 amide bonds. The van der Waals surface area contributed by atoms with Gasteiger partial charge in [-0.2, -0.15) is 0 Å². The zero-order valence-electron chi connectivity index (χ0n) is 11.7. The fourth-order valence-corrected chi connectivity index (χ4v) is 3.37. The number of rotatable bonds is 5. The molecular weight excluding hydrogens is 276 g/mol. The summed E-state index contributed by atoms with van der Waals surface area (Å²) in [6.45, 7) is 1.81. The quantitative estimate of drug-likeness (QED) is 0.816. The Bertz CT molecular complexity index is 530. The van der Waals surface area contributed by atoms with Gasteiger partial charge in [0.25, 0.3) is 10.0 Å². The summed E-state index contributed by atoms with van der Waals surface area (Å²) in [4.78, 5) is 6.17. The van der Waals surface area contributed by atoms with E-state index in [4.69, 9.17) is 5.73 Å². The lowest BCUT2D eigenvalue weighted by Crippen LogP contribution is -2.44. The number of nitrogens with one attached hydrogen (secondary N) is 1. The van der Waals surface area contributed by atoms with E-state index in [1.54, 1.807) is 6.07 Å². The number of hydrogen-bond acceptors (Lipinski definition) is 5. The summed E-state index contributed by atoms with van der Waals surface area (Å²) in [5, 5.41) is 0.0492. The predicted molar refractivity (Wildman–Crippen MR) is 77.6 cm³/mol. The van der Waals surface area contributed by atoms with Crippen molar-refractivity contribution >= 4 is 10.0 Å². The van der Waals surface area contributed by atoms with Crippen molar-refractivity contribution in [3.63, 3.8) is 0 Å². The van der Waals surface area contributed by atoms with Crippen molar-refractivity contribution in [3.8, 4) is 0 Å². The standard InChI is InChI=1S/C13H22N4O2S/c1-17-7-3-2-4-12(17)10-16-20(18,19)13-6-5-11(8-14)9-15-13/h5-6,9,12,16H,2-4,7-8,10,14H2,1H3. The number of piperidine rings is 1. The number of likely N-dealkylation sites (tertiary alicyclic amines) is 1. The number of likely N-dealkylation sites (N-methyl/N-ethyl adjacent to an activating group) is 1. The molecule has 0 saturated carbocycles. The molecule has 1 aliphatic rings. The van der Waals surface area contributed by atoms with E-state index in [1.807, 2.05) is 7.05 Å². The van der Waals surface area contributed by atoms with E-state index in [1.165, 1.54) is 18.7 Å². The van der Waals surface area contributed by atoms with Gasteiger partial charge >= 0.3 is 0 Å². The van der Waals surface area contributed by atoms with Crippen molar-refractivity contribution < 1.29 is 8.42 Å². The first-order chi connectivity index (χ1) is 9.53. The van der Waals surface area contributed by atoms with Gasteiger partial charge in [0.1, 0.15) is 0 Å². The lowest BCUT2D eigenvalue weighted by atomic mass is 10.0. The summed E-state index contributed by atoms with van der Waals surface area (Å²) in [5.41, 5.74) is 6.29. The minimum Gasteiger partial charge on any atom is -0.326 e. The highest BCUT2D eigenvalue weighted by Gasteiger charge is 2.22. The zero-order chi connectivity index (χ0) is 14.6. The monoisotopic (exact) mass is 298 g/mol. The molecule has 1 aliphatic heterocycles. The Morgan fingerprint density at radius 2 is 2.25 bits per heavy atom. The molecule has 0 aromatic carbocycles. The first-order valence-electron chi connectivity index (χ1n) is 6.88. The second kappa shape index (κ2) is 6.62. The number of nitrogens with two attached hydrogens (primary N) is 1. The number of pyridine rings is 1. The highest BCUT2D eigenvalue weighted by atomic mass is 32.2. The lowest BCUT2D eigenvalue weighted by molar-refractivity contribution is 0.187. The Labute approximate surface area is 120 Å². The van der Waals surface area contributed by atoms with Gasteiger partial charge in [-0.3, -0.25) is 0 Å². The predicted octanol–water partition coefficient (Wildman–Crippen LogP) is 0.303. The first-order valence-corrected chi connectivity index (χ1v) is 8.36. The maximum absolute atomic E-state index is 12.2. The molecule has 1 atom stereocenters. The van der Waals surface area contributed by atoms with Gasteiger partial charge in [-0.1, -0.05) is 12.5 Å². The highest BCUT2D eigenvalue weighted by Crippen LogP contribution is 2.15. The maximum atomic E-state index is 12.2. The van der Waals surface area contributed by atoms with Crippen LogP contribution in [0.25, 0.3) is 0 Å². The number of hydrogen-bond donors (Lipinski definition) is 2. The van der Waals surface area contributed by atoms with E-state index in [-0.39, 0.29) is 11.1 Å². The SMILES string of the molecule is CN1CCCCC1CNS(=O)(=O)c1ccc(CN)cn1. The van der Waals surface area contributed by atoms with Gasteiger partial charge in [0.05, 0.1) is 0 Å². The third kappa shape index (κ3) is 3.76. The van der Waals surface area contributed by atoms with Crippen molar-refractivity contribution in [2.24, 2.45) is 5.73 Å². The second-order valence-corrected chi connectivity index (χ2v) is 6.90. The fourth-order valence-electron chi connectivity index (χ4n) is 2.37. The Morgan fingerprint density at radius 1 is 1.45 bits per heavy atom. The zero-order valence-corrected chi connectivity index (χ0v) is 12.6. The van der Waals surface area contributed by atoms with Crippen LogP contribution >= 0.6 is 0 Å². The highest BCUT2D eigenvalue weighted by molar-refractivity contribution is 7.89. The minimum atomic E-state index is -3.54. The van der Waals surface area contributed by atoms with Crippen LogP contribution in [0.15, 0.2) is 23.4 Å². The van der Waals surface area contributed by atoms with Gasteiger partial charge in [-0.15, -0.1) is 0 Å². The molecule has 6 nitrogen and oxygen atoms in total. The molecule has 3 N–H and O–H groups in total. The molecule has 1 saturated heterocycles. The average molecular weight is 298 g/mol.